The second kappa shape index (κ2) is 5.81. The van der Waals surface area contributed by atoms with Crippen LogP contribution in [0.5, 0.6) is 0 Å². The number of rotatable bonds is 2. The number of piperidine rings is 1. The highest BCUT2D eigenvalue weighted by molar-refractivity contribution is 5.85. The van der Waals surface area contributed by atoms with Crippen LogP contribution in [0.25, 0.3) is 0 Å². The van der Waals surface area contributed by atoms with Crippen molar-refractivity contribution in [3.05, 3.63) is 29.3 Å². The lowest BCUT2D eigenvalue weighted by Crippen LogP contribution is -2.42. The van der Waals surface area contributed by atoms with Gasteiger partial charge < -0.3 is 4.90 Å². The van der Waals surface area contributed by atoms with Crippen molar-refractivity contribution in [1.29, 1.82) is 0 Å². The average molecular weight is 325 g/mol. The molecule has 0 aromatic heterocycles. The van der Waals surface area contributed by atoms with Crippen molar-refractivity contribution in [2.75, 3.05) is 18.0 Å². The van der Waals surface area contributed by atoms with Crippen LogP contribution in [0, 0.1) is 5.92 Å². The zero-order chi connectivity index (χ0) is 16.5. The van der Waals surface area contributed by atoms with Gasteiger partial charge in [-0.15, -0.1) is 0 Å². The Bertz CT molecular complexity index is 551. The van der Waals surface area contributed by atoms with E-state index >= 15 is 0 Å². The molecule has 1 saturated heterocycles. The zero-order valence-corrected chi connectivity index (χ0v) is 11.3. The molecule has 0 radical (unpaired) electrons. The molecule has 1 aromatic carbocycles. The number of alkyl halides is 6. The monoisotopic (exact) mass is 325 g/mol. The predicted molar refractivity (Wildman–Crippen MR) is 67.8 cm³/mol. The fourth-order valence-electron chi connectivity index (χ4n) is 2.58. The van der Waals surface area contributed by atoms with Gasteiger partial charge in [-0.2, -0.15) is 26.3 Å². The number of halogens is 6. The Morgan fingerprint density at radius 2 is 1.82 bits per heavy atom. The molecule has 1 aromatic rings. The van der Waals surface area contributed by atoms with E-state index < -0.39 is 23.8 Å². The number of hydrogen-bond acceptors (Lipinski definition) is 2. The van der Waals surface area contributed by atoms with Crippen LogP contribution in [0.4, 0.5) is 32.0 Å². The largest absolute Gasteiger partial charge is 0.416 e. The topological polar surface area (TPSA) is 20.3 Å². The molecule has 1 aliphatic rings. The lowest BCUT2D eigenvalue weighted by molar-refractivity contribution is -0.176. The quantitative estimate of drug-likeness (QED) is 0.597. The lowest BCUT2D eigenvalue weighted by Gasteiger charge is -2.36. The first-order chi connectivity index (χ1) is 10.1. The second-order valence-electron chi connectivity index (χ2n) is 5.22. The number of carbonyl (C=O) groups excluding carboxylic acids is 1. The van der Waals surface area contributed by atoms with E-state index in [1.165, 1.54) is 4.90 Å². The molecule has 0 bridgehead atoms. The van der Waals surface area contributed by atoms with Crippen LogP contribution >= 0.6 is 0 Å². The van der Waals surface area contributed by atoms with Gasteiger partial charge in [0, 0.05) is 24.3 Å². The Morgan fingerprint density at radius 1 is 1.14 bits per heavy atom. The second-order valence-corrected chi connectivity index (χ2v) is 5.22. The molecule has 2 nitrogen and oxygen atoms in total. The normalized spacial score (nSPS) is 20.1. The minimum absolute atomic E-state index is 0.0168. The standard InChI is InChI=1S/C14H13F6NO/c15-13(16,17)10-3-4-12(9(6-10)8-22)21-5-1-2-11(7-21)14(18,19)20/h3-4,6,8,11H,1-2,5,7H2. The number of benzene rings is 1. The van der Waals surface area contributed by atoms with E-state index in [2.05, 4.69) is 0 Å². The van der Waals surface area contributed by atoms with Gasteiger partial charge in [0.05, 0.1) is 11.5 Å². The molecular weight excluding hydrogens is 312 g/mol. The van der Waals surface area contributed by atoms with Gasteiger partial charge >= 0.3 is 12.4 Å². The van der Waals surface area contributed by atoms with Crippen molar-refractivity contribution in [3.63, 3.8) is 0 Å². The van der Waals surface area contributed by atoms with Gasteiger partial charge in [-0.1, -0.05) is 0 Å². The predicted octanol–water partition coefficient (Wildman–Crippen LogP) is 4.30. The third kappa shape index (κ3) is 3.53. The van der Waals surface area contributed by atoms with Crippen LogP contribution in [0.1, 0.15) is 28.8 Å². The fourth-order valence-corrected chi connectivity index (χ4v) is 2.58. The van der Waals surface area contributed by atoms with Gasteiger partial charge in [-0.05, 0) is 31.0 Å². The molecule has 0 amide bonds. The Kier molecular flexibility index (Phi) is 4.39. The third-order valence-corrected chi connectivity index (χ3v) is 3.71. The summed E-state index contributed by atoms with van der Waals surface area (Å²) in [6, 6.07) is 2.50. The van der Waals surface area contributed by atoms with Crippen molar-refractivity contribution < 1.29 is 31.1 Å². The lowest BCUT2D eigenvalue weighted by atomic mass is 9.96. The molecule has 1 atom stereocenters. The summed E-state index contributed by atoms with van der Waals surface area (Å²) in [5.74, 6) is -1.54. The van der Waals surface area contributed by atoms with Crippen molar-refractivity contribution in [2.24, 2.45) is 5.92 Å². The molecule has 8 heteroatoms. The summed E-state index contributed by atoms with van der Waals surface area (Å²) in [7, 11) is 0. The van der Waals surface area contributed by atoms with Crippen LogP contribution in [0.3, 0.4) is 0 Å². The summed E-state index contributed by atoms with van der Waals surface area (Å²) in [5.41, 5.74) is -1.14. The van der Waals surface area contributed by atoms with Crippen molar-refractivity contribution >= 4 is 12.0 Å². The molecule has 0 aliphatic carbocycles. The Morgan fingerprint density at radius 3 is 2.36 bits per heavy atom. The van der Waals surface area contributed by atoms with Gasteiger partial charge in [0.1, 0.15) is 0 Å². The highest BCUT2D eigenvalue weighted by atomic mass is 19.4. The van der Waals surface area contributed by atoms with E-state index in [9.17, 15) is 31.1 Å². The van der Waals surface area contributed by atoms with E-state index in [4.69, 9.17) is 0 Å². The van der Waals surface area contributed by atoms with Crippen molar-refractivity contribution in [3.8, 4) is 0 Å². The molecule has 2 rings (SSSR count). The maximum absolute atomic E-state index is 12.8. The van der Waals surface area contributed by atoms with Crippen LogP contribution in [0.2, 0.25) is 0 Å². The Balaban J connectivity index is 2.30. The van der Waals surface area contributed by atoms with Gasteiger partial charge in [-0.3, -0.25) is 4.79 Å². The van der Waals surface area contributed by atoms with Crippen LogP contribution in [-0.4, -0.2) is 25.6 Å². The van der Waals surface area contributed by atoms with Crippen LogP contribution in [-0.2, 0) is 6.18 Å². The van der Waals surface area contributed by atoms with E-state index in [-0.39, 0.29) is 43.5 Å². The van der Waals surface area contributed by atoms with E-state index in [0.717, 1.165) is 12.1 Å². The van der Waals surface area contributed by atoms with E-state index in [1.807, 2.05) is 0 Å². The SMILES string of the molecule is O=Cc1cc(C(F)(F)F)ccc1N1CCCC(C(F)(F)F)C1. The van der Waals surface area contributed by atoms with Gasteiger partial charge in [0.2, 0.25) is 0 Å². The molecule has 22 heavy (non-hydrogen) atoms. The average Bonchev–Trinajstić information content (AvgIpc) is 2.45. The van der Waals surface area contributed by atoms with E-state index in [1.54, 1.807) is 0 Å². The number of aldehydes is 1. The van der Waals surface area contributed by atoms with Crippen molar-refractivity contribution in [1.82, 2.24) is 0 Å². The summed E-state index contributed by atoms with van der Waals surface area (Å²) in [6.45, 7) is -0.0749. The molecular formula is C14H13F6NO. The number of nitrogens with zero attached hydrogens (tertiary/aromatic N) is 1. The smallest absolute Gasteiger partial charge is 0.370 e. The summed E-state index contributed by atoms with van der Waals surface area (Å²) < 4.78 is 76.2. The molecule has 0 N–H and O–H groups in total. The molecule has 1 unspecified atom stereocenters. The highest BCUT2D eigenvalue weighted by Gasteiger charge is 2.42. The minimum Gasteiger partial charge on any atom is -0.370 e. The first-order valence-corrected chi connectivity index (χ1v) is 6.61. The first kappa shape index (κ1) is 16.6. The zero-order valence-electron chi connectivity index (χ0n) is 11.3. The Labute approximate surface area is 122 Å². The number of carbonyl (C=O) groups is 1. The molecule has 1 aliphatic heterocycles. The van der Waals surface area contributed by atoms with E-state index in [0.29, 0.717) is 6.07 Å². The van der Waals surface area contributed by atoms with Gasteiger partial charge in [0.15, 0.2) is 6.29 Å². The fraction of sp³-hybridized carbons (Fsp3) is 0.500. The third-order valence-electron chi connectivity index (χ3n) is 3.71. The molecule has 0 saturated carbocycles. The van der Waals surface area contributed by atoms with Crippen molar-refractivity contribution in [2.45, 2.75) is 25.2 Å². The maximum Gasteiger partial charge on any atom is 0.416 e. The molecule has 1 fully saturated rings. The number of anilines is 1. The molecule has 122 valence electrons. The van der Waals surface area contributed by atoms with Gasteiger partial charge in [0.25, 0.3) is 0 Å². The highest BCUT2D eigenvalue weighted by Crippen LogP contribution is 2.37. The number of hydrogen-bond donors (Lipinski definition) is 0. The van der Waals surface area contributed by atoms with Crippen LogP contribution in [0.15, 0.2) is 18.2 Å². The summed E-state index contributed by atoms with van der Waals surface area (Å²) in [6.07, 6.45) is -8.47. The Hall–Kier alpha value is -1.73. The summed E-state index contributed by atoms with van der Waals surface area (Å²) in [5, 5.41) is 0. The summed E-state index contributed by atoms with van der Waals surface area (Å²) >= 11 is 0. The maximum atomic E-state index is 12.8. The molecule has 0 spiro atoms. The van der Waals surface area contributed by atoms with Crippen LogP contribution < -0.4 is 4.90 Å². The first-order valence-electron chi connectivity index (χ1n) is 6.61. The summed E-state index contributed by atoms with van der Waals surface area (Å²) in [4.78, 5) is 12.3. The molecule has 1 heterocycles. The minimum atomic E-state index is -4.60. The van der Waals surface area contributed by atoms with Gasteiger partial charge in [-0.25, -0.2) is 0 Å².